The summed E-state index contributed by atoms with van der Waals surface area (Å²) in [5, 5.41) is 27.6. The summed E-state index contributed by atoms with van der Waals surface area (Å²) in [7, 11) is 0. The lowest BCUT2D eigenvalue weighted by Crippen LogP contribution is -2.34. The van der Waals surface area contributed by atoms with Crippen LogP contribution in [0.5, 0.6) is 5.75 Å². The van der Waals surface area contributed by atoms with Gasteiger partial charge < -0.3 is 10.4 Å². The van der Waals surface area contributed by atoms with Gasteiger partial charge in [-0.3, -0.25) is 20.2 Å². The molecule has 3 N–H and O–H groups in total. The van der Waals surface area contributed by atoms with E-state index in [9.17, 15) is 20.0 Å². The third-order valence-electron chi connectivity index (χ3n) is 4.75. The number of nitro groups is 1. The number of nitrogens with zero attached hydrogens (tertiary/aromatic N) is 2. The molecule has 10 heteroatoms. The van der Waals surface area contributed by atoms with Gasteiger partial charge in [-0.05, 0) is 49.5 Å². The number of benzene rings is 3. The highest BCUT2D eigenvalue weighted by atomic mass is 32.1. The maximum atomic E-state index is 12.5. The van der Waals surface area contributed by atoms with Gasteiger partial charge in [0.25, 0.3) is 11.6 Å². The molecule has 3 aromatic carbocycles. The fourth-order valence-corrected chi connectivity index (χ4v) is 4.39. The molecule has 8 nitrogen and oxygen atoms in total. The summed E-state index contributed by atoms with van der Waals surface area (Å²) in [6.45, 7) is 1.50. The Kier molecular flexibility index (Phi) is 5.80. The van der Waals surface area contributed by atoms with Crippen LogP contribution in [0.15, 0.2) is 60.7 Å². The number of phenolic OH excluding ortho intramolecular Hbond substituents is 1. The Labute approximate surface area is 191 Å². The summed E-state index contributed by atoms with van der Waals surface area (Å²) in [6.07, 6.45) is 0. The number of rotatable bonds is 4. The molecule has 0 saturated heterocycles. The van der Waals surface area contributed by atoms with Crippen molar-refractivity contribution in [2.24, 2.45) is 0 Å². The third-order valence-corrected chi connectivity index (χ3v) is 6.03. The first-order valence-corrected chi connectivity index (χ1v) is 10.6. The molecule has 0 atom stereocenters. The van der Waals surface area contributed by atoms with E-state index in [1.165, 1.54) is 42.5 Å². The maximum absolute atomic E-state index is 12.5. The number of carbonyl (C=O) groups excluding carboxylic acids is 1. The van der Waals surface area contributed by atoms with Gasteiger partial charge in [0.1, 0.15) is 10.8 Å². The molecule has 160 valence electrons. The summed E-state index contributed by atoms with van der Waals surface area (Å²) in [4.78, 5) is 27.6. The SMILES string of the molecule is Cc1c(C(=O)NC(=S)Nc2ccc(-c3nc4ccccc4s3)c(O)c2)cccc1[N+](=O)[O-]. The van der Waals surface area contributed by atoms with Crippen LogP contribution in [0.4, 0.5) is 11.4 Å². The number of hydrogen-bond acceptors (Lipinski definition) is 7. The average Bonchev–Trinajstić information content (AvgIpc) is 3.17. The minimum Gasteiger partial charge on any atom is -0.507 e. The number of aromatic nitrogens is 1. The van der Waals surface area contributed by atoms with Crippen LogP contribution in [0.25, 0.3) is 20.8 Å². The van der Waals surface area contributed by atoms with Crippen LogP contribution in [0, 0.1) is 17.0 Å². The van der Waals surface area contributed by atoms with Gasteiger partial charge in [0.05, 0.1) is 20.7 Å². The molecule has 1 heterocycles. The number of hydrogen-bond donors (Lipinski definition) is 3. The fourth-order valence-electron chi connectivity index (χ4n) is 3.18. The van der Waals surface area contributed by atoms with Crippen molar-refractivity contribution in [3.8, 4) is 16.3 Å². The van der Waals surface area contributed by atoms with Crippen molar-refractivity contribution in [3.05, 3.63) is 81.9 Å². The quantitative estimate of drug-likeness (QED) is 0.221. The second-order valence-electron chi connectivity index (χ2n) is 6.83. The van der Waals surface area contributed by atoms with Crippen LogP contribution in [-0.4, -0.2) is 26.0 Å². The molecule has 1 aromatic heterocycles. The average molecular weight is 465 g/mol. The predicted molar refractivity (Wildman–Crippen MR) is 128 cm³/mol. The molecule has 4 aromatic rings. The van der Waals surface area contributed by atoms with Gasteiger partial charge in [-0.2, -0.15) is 0 Å². The molecule has 1 amide bonds. The minimum absolute atomic E-state index is 0.00644. The van der Waals surface area contributed by atoms with Crippen LogP contribution < -0.4 is 10.6 Å². The second-order valence-corrected chi connectivity index (χ2v) is 8.27. The Hall–Kier alpha value is -3.89. The molecule has 0 spiro atoms. The van der Waals surface area contributed by atoms with Gasteiger partial charge in [-0.15, -0.1) is 11.3 Å². The first-order valence-electron chi connectivity index (χ1n) is 9.39. The van der Waals surface area contributed by atoms with Gasteiger partial charge in [0.15, 0.2) is 5.11 Å². The lowest BCUT2D eigenvalue weighted by molar-refractivity contribution is -0.385. The molecular weight excluding hydrogens is 448 g/mol. The van der Waals surface area contributed by atoms with E-state index in [0.717, 1.165) is 10.2 Å². The van der Waals surface area contributed by atoms with Crippen molar-refractivity contribution in [1.82, 2.24) is 10.3 Å². The molecule has 0 aliphatic heterocycles. The van der Waals surface area contributed by atoms with Crippen molar-refractivity contribution < 1.29 is 14.8 Å². The zero-order valence-electron chi connectivity index (χ0n) is 16.7. The van der Waals surface area contributed by atoms with E-state index in [4.69, 9.17) is 12.2 Å². The summed E-state index contributed by atoms with van der Waals surface area (Å²) in [5.41, 5.74) is 2.15. The molecule has 0 radical (unpaired) electrons. The van der Waals surface area contributed by atoms with E-state index in [1.807, 2.05) is 24.3 Å². The Balaban J connectivity index is 1.48. The minimum atomic E-state index is -0.570. The Morgan fingerprint density at radius 1 is 1.16 bits per heavy atom. The van der Waals surface area contributed by atoms with Crippen LogP contribution in [0.3, 0.4) is 0 Å². The number of fused-ring (bicyclic) bond motifs is 1. The van der Waals surface area contributed by atoms with E-state index >= 15 is 0 Å². The zero-order valence-corrected chi connectivity index (χ0v) is 18.3. The topological polar surface area (TPSA) is 117 Å². The number of nitrogens with one attached hydrogen (secondary N) is 2. The lowest BCUT2D eigenvalue weighted by Gasteiger charge is -2.12. The van der Waals surface area contributed by atoms with Crippen LogP contribution in [0.2, 0.25) is 0 Å². The molecule has 0 aliphatic rings. The monoisotopic (exact) mass is 464 g/mol. The molecule has 0 saturated carbocycles. The van der Waals surface area contributed by atoms with Crippen molar-refractivity contribution in [2.75, 3.05) is 5.32 Å². The summed E-state index contributed by atoms with van der Waals surface area (Å²) in [5.74, 6) is -0.559. The fraction of sp³-hybridized carbons (Fsp3) is 0.0455. The van der Waals surface area contributed by atoms with Gasteiger partial charge in [-0.1, -0.05) is 18.2 Å². The van der Waals surface area contributed by atoms with E-state index in [1.54, 1.807) is 12.1 Å². The van der Waals surface area contributed by atoms with E-state index in [0.29, 0.717) is 16.3 Å². The number of amides is 1. The van der Waals surface area contributed by atoms with E-state index < -0.39 is 10.8 Å². The van der Waals surface area contributed by atoms with Crippen molar-refractivity contribution in [3.63, 3.8) is 0 Å². The zero-order chi connectivity index (χ0) is 22.8. The van der Waals surface area contributed by atoms with Crippen molar-refractivity contribution in [2.45, 2.75) is 6.92 Å². The molecule has 0 fully saturated rings. The smallest absolute Gasteiger partial charge is 0.273 e. The summed E-state index contributed by atoms with van der Waals surface area (Å²) < 4.78 is 1.02. The Bertz CT molecular complexity index is 1350. The largest absolute Gasteiger partial charge is 0.507 e. The second kappa shape index (κ2) is 8.69. The Morgan fingerprint density at radius 2 is 1.94 bits per heavy atom. The first kappa shape index (κ1) is 21.3. The third kappa shape index (κ3) is 4.27. The maximum Gasteiger partial charge on any atom is 0.273 e. The predicted octanol–water partition coefficient (Wildman–Crippen LogP) is 5.01. The highest BCUT2D eigenvalue weighted by Gasteiger charge is 2.19. The number of aromatic hydroxyl groups is 1. The van der Waals surface area contributed by atoms with Crippen LogP contribution in [0.1, 0.15) is 15.9 Å². The van der Waals surface area contributed by atoms with Crippen molar-refractivity contribution >= 4 is 56.2 Å². The number of thiocarbonyl (C=S) groups is 1. The Morgan fingerprint density at radius 3 is 2.66 bits per heavy atom. The van der Waals surface area contributed by atoms with E-state index in [-0.39, 0.29) is 27.7 Å². The molecule has 0 aliphatic carbocycles. The van der Waals surface area contributed by atoms with Crippen molar-refractivity contribution in [1.29, 1.82) is 0 Å². The van der Waals surface area contributed by atoms with Gasteiger partial charge >= 0.3 is 0 Å². The summed E-state index contributed by atoms with van der Waals surface area (Å²) >= 11 is 6.66. The number of carbonyl (C=O) groups is 1. The van der Waals surface area contributed by atoms with Gasteiger partial charge in [0, 0.05) is 28.9 Å². The van der Waals surface area contributed by atoms with Gasteiger partial charge in [0.2, 0.25) is 0 Å². The van der Waals surface area contributed by atoms with E-state index in [2.05, 4.69) is 15.6 Å². The van der Waals surface area contributed by atoms with Crippen LogP contribution >= 0.6 is 23.6 Å². The molecule has 4 rings (SSSR count). The van der Waals surface area contributed by atoms with Gasteiger partial charge in [-0.25, -0.2) is 4.98 Å². The summed E-state index contributed by atoms with van der Waals surface area (Å²) in [6, 6.07) is 16.9. The highest BCUT2D eigenvalue weighted by Crippen LogP contribution is 2.36. The number of para-hydroxylation sites is 1. The number of phenols is 1. The molecule has 32 heavy (non-hydrogen) atoms. The molecule has 0 unspecified atom stereocenters. The van der Waals surface area contributed by atoms with Crippen LogP contribution in [-0.2, 0) is 0 Å². The first-order chi connectivity index (χ1) is 15.3. The molecular formula is C22H16N4O4S2. The number of nitro benzene ring substituents is 1. The molecule has 0 bridgehead atoms. The number of anilines is 1. The number of thiazole rings is 1. The lowest BCUT2D eigenvalue weighted by atomic mass is 10.1. The normalized spacial score (nSPS) is 10.7. The standard InChI is InChI=1S/C22H16N4O4S2/c1-12-14(5-4-7-17(12)26(29)30)20(28)25-22(31)23-13-9-10-15(18(27)11-13)21-24-16-6-2-3-8-19(16)32-21/h2-11,27H,1H3,(H2,23,25,28,31). The highest BCUT2D eigenvalue weighted by molar-refractivity contribution is 7.80.